The zero-order valence-electron chi connectivity index (χ0n) is 40.1. The summed E-state index contributed by atoms with van der Waals surface area (Å²) in [5, 5.41) is 0. The zero-order chi connectivity index (χ0) is 44.9. The predicted molar refractivity (Wildman–Crippen MR) is 269 cm³/mol. The highest BCUT2D eigenvalue weighted by molar-refractivity contribution is 5.70. The fourth-order valence-electron chi connectivity index (χ4n) is 6.31. The highest BCUT2D eigenvalue weighted by Gasteiger charge is 2.17. The summed E-state index contributed by atoms with van der Waals surface area (Å²) in [6.45, 7) is 7.44. The van der Waals surface area contributed by atoms with Crippen LogP contribution in [0.15, 0.2) is 122 Å². The van der Waals surface area contributed by atoms with E-state index in [1.807, 2.05) is 6.08 Å². The van der Waals surface area contributed by atoms with E-state index >= 15 is 0 Å². The maximum absolute atomic E-state index is 12.7. The largest absolute Gasteiger partial charge is 0.462 e. The second-order valence-corrected chi connectivity index (χ2v) is 15.9. The highest BCUT2D eigenvalue weighted by atomic mass is 16.6. The molecule has 0 aromatic rings. The van der Waals surface area contributed by atoms with E-state index in [0.29, 0.717) is 19.4 Å². The molecule has 0 aliphatic rings. The van der Waals surface area contributed by atoms with Crippen LogP contribution in [0.5, 0.6) is 0 Å². The van der Waals surface area contributed by atoms with Gasteiger partial charge in [-0.05, 0) is 116 Å². The lowest BCUT2D eigenvalue weighted by atomic mass is 10.1. The molecule has 0 amide bonds. The summed E-state index contributed by atoms with van der Waals surface area (Å²) in [4.78, 5) is 25.3. The molecular formula is C57H92O5. The van der Waals surface area contributed by atoms with E-state index in [1.54, 1.807) is 0 Å². The van der Waals surface area contributed by atoms with Gasteiger partial charge in [-0.15, -0.1) is 0 Å². The molecule has 5 heteroatoms. The molecule has 0 rings (SSSR count). The van der Waals surface area contributed by atoms with Crippen molar-refractivity contribution in [2.75, 3.05) is 19.8 Å². The van der Waals surface area contributed by atoms with E-state index in [-0.39, 0.29) is 31.6 Å². The van der Waals surface area contributed by atoms with Crippen LogP contribution in [0.2, 0.25) is 0 Å². The van der Waals surface area contributed by atoms with E-state index in [4.69, 9.17) is 14.2 Å². The topological polar surface area (TPSA) is 61.8 Å². The molecule has 62 heavy (non-hydrogen) atoms. The number of hydrogen-bond donors (Lipinski definition) is 0. The van der Waals surface area contributed by atoms with Crippen molar-refractivity contribution >= 4 is 11.9 Å². The Hall–Kier alpha value is -3.70. The van der Waals surface area contributed by atoms with Gasteiger partial charge in [-0.25, -0.2) is 0 Å². The Balaban J connectivity index is 4.43. The van der Waals surface area contributed by atoms with Gasteiger partial charge in [0, 0.05) is 19.4 Å². The second kappa shape index (κ2) is 51.6. The first-order valence-electron chi connectivity index (χ1n) is 25.1. The zero-order valence-corrected chi connectivity index (χ0v) is 40.1. The summed E-state index contributed by atoms with van der Waals surface area (Å²) in [5.41, 5.74) is 0. The minimum Gasteiger partial charge on any atom is -0.462 e. The van der Waals surface area contributed by atoms with Crippen molar-refractivity contribution in [3.05, 3.63) is 122 Å². The van der Waals surface area contributed by atoms with Crippen molar-refractivity contribution in [3.63, 3.8) is 0 Å². The van der Waals surface area contributed by atoms with Gasteiger partial charge < -0.3 is 14.2 Å². The molecule has 0 aromatic carbocycles. The molecule has 1 unspecified atom stereocenters. The van der Waals surface area contributed by atoms with Gasteiger partial charge in [0.25, 0.3) is 0 Å². The van der Waals surface area contributed by atoms with E-state index < -0.39 is 6.10 Å². The molecule has 5 nitrogen and oxygen atoms in total. The van der Waals surface area contributed by atoms with Gasteiger partial charge in [-0.1, -0.05) is 194 Å². The van der Waals surface area contributed by atoms with Crippen LogP contribution in [0.1, 0.15) is 201 Å². The maximum atomic E-state index is 12.7. The number of esters is 2. The minimum absolute atomic E-state index is 0.0295. The minimum atomic E-state index is -0.598. The summed E-state index contributed by atoms with van der Waals surface area (Å²) in [6, 6.07) is 0. The number of carbonyl (C=O) groups is 2. The van der Waals surface area contributed by atoms with Crippen molar-refractivity contribution in [3.8, 4) is 0 Å². The molecule has 0 spiro atoms. The highest BCUT2D eigenvalue weighted by Crippen LogP contribution is 2.11. The fraction of sp³-hybridized carbons (Fsp3) is 0.614. The van der Waals surface area contributed by atoms with Crippen LogP contribution in [-0.4, -0.2) is 37.9 Å². The molecule has 1 atom stereocenters. The fourth-order valence-corrected chi connectivity index (χ4v) is 6.31. The Bertz CT molecular complexity index is 1290. The molecule has 0 saturated carbocycles. The molecule has 0 aliphatic heterocycles. The van der Waals surface area contributed by atoms with Gasteiger partial charge in [-0.2, -0.15) is 0 Å². The average Bonchev–Trinajstić information content (AvgIpc) is 3.27. The summed E-state index contributed by atoms with van der Waals surface area (Å²) in [7, 11) is 0. The molecule has 0 fully saturated rings. The van der Waals surface area contributed by atoms with E-state index in [1.165, 1.54) is 64.2 Å². The molecule has 0 heterocycles. The summed E-state index contributed by atoms with van der Waals surface area (Å²) in [6.07, 6.45) is 72.2. The first-order chi connectivity index (χ1) is 30.6. The standard InChI is InChI=1S/C57H92O5/c1-4-7-10-13-16-19-22-25-27-28-29-30-31-33-35-38-41-44-47-50-56(58)61-54-55(53-60-52-49-46-43-40-37-34-26-23-20-17-14-11-8-5-2)62-57(59)51-48-45-42-39-36-32-24-21-18-15-12-9-6-3/h7,9-10,12,16,18-21,23,25,27,29-30,32-33,35-36,42,45,55H,4-6,8,11,13-15,17,22,24,26,28,31,34,37-41,43-44,46-54H2,1-3H3/b10-7-,12-9-,19-16-,21-18-,23-20-,27-25-,30-29-,35-33-,36-32-,45-42-. The molecule has 350 valence electrons. The number of allylic oxidation sites excluding steroid dienone is 20. The number of carbonyl (C=O) groups excluding carboxylic acids is 2. The third kappa shape index (κ3) is 49.0. The Morgan fingerprint density at radius 3 is 1.24 bits per heavy atom. The van der Waals surface area contributed by atoms with Gasteiger partial charge in [0.05, 0.1) is 6.61 Å². The van der Waals surface area contributed by atoms with Gasteiger partial charge in [0.15, 0.2) is 6.10 Å². The van der Waals surface area contributed by atoms with Crippen LogP contribution in [-0.2, 0) is 23.8 Å². The van der Waals surface area contributed by atoms with Crippen LogP contribution < -0.4 is 0 Å². The monoisotopic (exact) mass is 857 g/mol. The van der Waals surface area contributed by atoms with Gasteiger partial charge >= 0.3 is 11.9 Å². The number of hydrogen-bond acceptors (Lipinski definition) is 5. The molecule has 0 N–H and O–H groups in total. The third-order valence-corrected chi connectivity index (χ3v) is 9.98. The van der Waals surface area contributed by atoms with Crippen molar-refractivity contribution in [1.29, 1.82) is 0 Å². The molecular weight excluding hydrogens is 765 g/mol. The van der Waals surface area contributed by atoms with Crippen molar-refractivity contribution in [1.82, 2.24) is 0 Å². The first kappa shape index (κ1) is 58.3. The van der Waals surface area contributed by atoms with Crippen LogP contribution in [0.3, 0.4) is 0 Å². The molecule has 0 radical (unpaired) electrons. The summed E-state index contributed by atoms with van der Waals surface area (Å²) >= 11 is 0. The summed E-state index contributed by atoms with van der Waals surface area (Å²) < 4.78 is 17.3. The SMILES string of the molecule is CC/C=C\C/C=C\C/C=C\C/C=C\C/C=C\CCCCCC(=O)OCC(COCCCCCCCC/C=C\CCCCCC)OC(=O)CC/C=C\C/C=C\C/C=C\C/C=C\CC. The molecule has 0 saturated heterocycles. The number of ether oxygens (including phenoxy) is 3. The second-order valence-electron chi connectivity index (χ2n) is 15.9. The Morgan fingerprint density at radius 1 is 0.371 bits per heavy atom. The Morgan fingerprint density at radius 2 is 0.758 bits per heavy atom. The normalized spacial score (nSPS) is 13.3. The van der Waals surface area contributed by atoms with Crippen LogP contribution in [0.4, 0.5) is 0 Å². The van der Waals surface area contributed by atoms with Crippen LogP contribution in [0, 0.1) is 0 Å². The van der Waals surface area contributed by atoms with E-state index in [0.717, 1.165) is 96.3 Å². The van der Waals surface area contributed by atoms with Crippen molar-refractivity contribution < 1.29 is 23.8 Å². The molecule has 0 bridgehead atoms. The predicted octanol–water partition coefficient (Wildman–Crippen LogP) is 17.0. The first-order valence-corrected chi connectivity index (χ1v) is 25.1. The third-order valence-electron chi connectivity index (χ3n) is 9.98. The van der Waals surface area contributed by atoms with Crippen molar-refractivity contribution in [2.24, 2.45) is 0 Å². The van der Waals surface area contributed by atoms with E-state index in [2.05, 4.69) is 136 Å². The maximum Gasteiger partial charge on any atom is 0.306 e. The number of rotatable bonds is 44. The smallest absolute Gasteiger partial charge is 0.306 e. The molecule has 0 aliphatic carbocycles. The quantitative estimate of drug-likeness (QED) is 0.0347. The number of unbranched alkanes of at least 4 members (excludes halogenated alkanes) is 13. The lowest BCUT2D eigenvalue weighted by Gasteiger charge is -2.18. The van der Waals surface area contributed by atoms with Crippen LogP contribution >= 0.6 is 0 Å². The molecule has 0 aromatic heterocycles. The van der Waals surface area contributed by atoms with Crippen molar-refractivity contribution in [2.45, 2.75) is 207 Å². The summed E-state index contributed by atoms with van der Waals surface area (Å²) in [5.74, 6) is -0.540. The van der Waals surface area contributed by atoms with Gasteiger partial charge in [0.1, 0.15) is 6.61 Å². The van der Waals surface area contributed by atoms with E-state index in [9.17, 15) is 9.59 Å². The Labute approximate surface area is 382 Å². The van der Waals surface area contributed by atoms with Gasteiger partial charge in [0.2, 0.25) is 0 Å². The van der Waals surface area contributed by atoms with Gasteiger partial charge in [-0.3, -0.25) is 9.59 Å². The lowest BCUT2D eigenvalue weighted by Crippen LogP contribution is -2.30. The van der Waals surface area contributed by atoms with Crippen LogP contribution in [0.25, 0.3) is 0 Å². The average molecular weight is 857 g/mol. The lowest BCUT2D eigenvalue weighted by molar-refractivity contribution is -0.162. The Kier molecular flexibility index (Phi) is 48.6.